The third-order valence-corrected chi connectivity index (χ3v) is 2.55. The lowest BCUT2D eigenvalue weighted by Crippen LogP contribution is -2.38. The average molecular weight is 209 g/mol. The molecule has 1 rings (SSSR count). The third kappa shape index (κ3) is 3.16. The van der Waals surface area contributed by atoms with E-state index in [4.69, 9.17) is 0 Å². The van der Waals surface area contributed by atoms with E-state index in [1.54, 1.807) is 10.8 Å². The normalized spacial score (nSPS) is 13.1. The molecule has 0 aromatic carbocycles. The number of aromatic nitrogens is 2. The van der Waals surface area contributed by atoms with Crippen LogP contribution in [0, 0.1) is 12.8 Å². The van der Waals surface area contributed by atoms with Gasteiger partial charge in [0.25, 0.3) is 0 Å². The van der Waals surface area contributed by atoms with Crippen LogP contribution in [-0.4, -0.2) is 22.6 Å². The van der Waals surface area contributed by atoms with Gasteiger partial charge in [-0.25, -0.2) is 9.78 Å². The summed E-state index contributed by atoms with van der Waals surface area (Å²) in [4.78, 5) is 15.3. The molecule has 1 N–H and O–H groups in total. The first-order chi connectivity index (χ1) is 7.04. The number of hydrogen-bond donors (Lipinski definition) is 1. The molecule has 1 aromatic rings. The zero-order chi connectivity index (χ0) is 11.4. The van der Waals surface area contributed by atoms with Crippen molar-refractivity contribution in [3.8, 4) is 0 Å². The van der Waals surface area contributed by atoms with E-state index in [1.807, 2.05) is 20.2 Å². The summed E-state index contributed by atoms with van der Waals surface area (Å²) in [7, 11) is 1.92. The summed E-state index contributed by atoms with van der Waals surface area (Å²) < 4.78 is 1.66. The topological polar surface area (TPSA) is 46.9 Å². The minimum atomic E-state index is -0.179. The Bertz CT molecular complexity index is 370. The van der Waals surface area contributed by atoms with Gasteiger partial charge < -0.3 is 5.32 Å². The van der Waals surface area contributed by atoms with Crippen molar-refractivity contribution >= 4 is 0 Å². The third-order valence-electron chi connectivity index (χ3n) is 2.55. The second-order valence-corrected chi connectivity index (χ2v) is 4.21. The molecule has 0 bridgehead atoms. The first-order valence-electron chi connectivity index (χ1n) is 5.25. The summed E-state index contributed by atoms with van der Waals surface area (Å²) >= 11 is 0. The lowest BCUT2D eigenvalue weighted by Gasteiger charge is -2.20. The van der Waals surface area contributed by atoms with Crippen LogP contribution in [0.5, 0.6) is 0 Å². The zero-order valence-electron chi connectivity index (χ0n) is 9.82. The molecule has 1 aromatic heterocycles. The number of rotatable bonds is 4. The Kier molecular flexibility index (Phi) is 4.03. The number of likely N-dealkylation sites (N-methyl/N-ethyl adjacent to an activating group) is 1. The SMILES string of the molecule is CNC(Cn1cc(C)cnc1=O)C(C)C. The molecule has 0 saturated heterocycles. The standard InChI is InChI=1S/C11H19N3O/c1-8(2)10(12-4)7-14-6-9(3)5-13-11(14)15/h5-6,8,10,12H,7H2,1-4H3. The molecule has 0 spiro atoms. The molecule has 0 aliphatic carbocycles. The number of aryl methyl sites for hydroxylation is 1. The molecule has 0 fully saturated rings. The smallest absolute Gasteiger partial charge is 0.315 e. The summed E-state index contributed by atoms with van der Waals surface area (Å²) in [6, 6.07) is 0.297. The summed E-state index contributed by atoms with van der Waals surface area (Å²) in [5.74, 6) is 0.488. The van der Waals surface area contributed by atoms with Crippen molar-refractivity contribution in [1.82, 2.24) is 14.9 Å². The summed E-state index contributed by atoms with van der Waals surface area (Å²) in [6.07, 6.45) is 3.45. The fourth-order valence-corrected chi connectivity index (χ4v) is 1.54. The van der Waals surface area contributed by atoms with Crippen molar-refractivity contribution < 1.29 is 0 Å². The summed E-state index contributed by atoms with van der Waals surface area (Å²) in [5, 5.41) is 3.21. The Hall–Kier alpha value is -1.16. The summed E-state index contributed by atoms with van der Waals surface area (Å²) in [5.41, 5.74) is 0.828. The molecule has 1 unspecified atom stereocenters. The second kappa shape index (κ2) is 5.07. The van der Waals surface area contributed by atoms with E-state index in [9.17, 15) is 4.79 Å². The molecule has 1 heterocycles. The Morgan fingerprint density at radius 3 is 2.73 bits per heavy atom. The highest BCUT2D eigenvalue weighted by atomic mass is 16.1. The van der Waals surface area contributed by atoms with Crippen LogP contribution >= 0.6 is 0 Å². The van der Waals surface area contributed by atoms with Gasteiger partial charge in [-0.1, -0.05) is 13.8 Å². The van der Waals surface area contributed by atoms with Gasteiger partial charge in [0.2, 0.25) is 0 Å². The fourth-order valence-electron chi connectivity index (χ4n) is 1.54. The van der Waals surface area contributed by atoms with Crippen LogP contribution in [0.25, 0.3) is 0 Å². The van der Waals surface area contributed by atoms with Crippen molar-refractivity contribution in [3.05, 3.63) is 28.4 Å². The van der Waals surface area contributed by atoms with Gasteiger partial charge in [-0.15, -0.1) is 0 Å². The maximum Gasteiger partial charge on any atom is 0.347 e. The van der Waals surface area contributed by atoms with Crippen LogP contribution in [0.3, 0.4) is 0 Å². The minimum Gasteiger partial charge on any atom is -0.315 e. The fraction of sp³-hybridized carbons (Fsp3) is 0.636. The predicted octanol–water partition coefficient (Wildman–Crippen LogP) is 0.796. The predicted molar refractivity (Wildman–Crippen MR) is 60.9 cm³/mol. The second-order valence-electron chi connectivity index (χ2n) is 4.21. The quantitative estimate of drug-likeness (QED) is 0.797. The van der Waals surface area contributed by atoms with Gasteiger partial charge in [0.05, 0.1) is 0 Å². The molecule has 15 heavy (non-hydrogen) atoms. The maximum atomic E-state index is 11.5. The first-order valence-corrected chi connectivity index (χ1v) is 5.25. The van der Waals surface area contributed by atoms with E-state index in [2.05, 4.69) is 24.1 Å². The highest BCUT2D eigenvalue weighted by Crippen LogP contribution is 2.03. The molecule has 4 heteroatoms. The zero-order valence-corrected chi connectivity index (χ0v) is 9.82. The molecule has 0 aliphatic rings. The van der Waals surface area contributed by atoms with E-state index in [-0.39, 0.29) is 5.69 Å². The van der Waals surface area contributed by atoms with Gasteiger partial charge >= 0.3 is 5.69 Å². The van der Waals surface area contributed by atoms with Crippen LogP contribution < -0.4 is 11.0 Å². The van der Waals surface area contributed by atoms with Crippen molar-refractivity contribution in [1.29, 1.82) is 0 Å². The van der Waals surface area contributed by atoms with Gasteiger partial charge in [-0.3, -0.25) is 4.57 Å². The van der Waals surface area contributed by atoms with Crippen LogP contribution in [0.2, 0.25) is 0 Å². The Balaban J connectivity index is 2.87. The van der Waals surface area contributed by atoms with Crippen molar-refractivity contribution in [2.45, 2.75) is 33.4 Å². The lowest BCUT2D eigenvalue weighted by atomic mass is 10.0. The van der Waals surface area contributed by atoms with Gasteiger partial charge in [-0.2, -0.15) is 0 Å². The highest BCUT2D eigenvalue weighted by molar-refractivity contribution is 5.00. The van der Waals surface area contributed by atoms with Gasteiger partial charge in [0.15, 0.2) is 0 Å². The Labute approximate surface area is 90.3 Å². The lowest BCUT2D eigenvalue weighted by molar-refractivity contribution is 0.370. The van der Waals surface area contributed by atoms with Gasteiger partial charge in [-0.05, 0) is 25.5 Å². The molecule has 0 aliphatic heterocycles. The maximum absolute atomic E-state index is 11.5. The minimum absolute atomic E-state index is 0.179. The van der Waals surface area contributed by atoms with Crippen LogP contribution in [0.1, 0.15) is 19.4 Å². The van der Waals surface area contributed by atoms with Crippen molar-refractivity contribution in [2.24, 2.45) is 5.92 Å². The average Bonchev–Trinajstić information content (AvgIpc) is 2.18. The van der Waals surface area contributed by atoms with E-state index in [0.717, 1.165) is 5.56 Å². The number of nitrogens with one attached hydrogen (secondary N) is 1. The van der Waals surface area contributed by atoms with Crippen molar-refractivity contribution in [2.75, 3.05) is 7.05 Å². The number of nitrogens with zero attached hydrogens (tertiary/aromatic N) is 2. The number of hydrogen-bond acceptors (Lipinski definition) is 3. The van der Waals surface area contributed by atoms with E-state index in [1.165, 1.54) is 0 Å². The molecule has 0 radical (unpaired) electrons. The van der Waals surface area contributed by atoms with E-state index < -0.39 is 0 Å². The van der Waals surface area contributed by atoms with Crippen LogP contribution in [-0.2, 0) is 6.54 Å². The van der Waals surface area contributed by atoms with E-state index >= 15 is 0 Å². The largest absolute Gasteiger partial charge is 0.347 e. The van der Waals surface area contributed by atoms with E-state index in [0.29, 0.717) is 18.5 Å². The molecule has 0 amide bonds. The summed E-state index contributed by atoms with van der Waals surface area (Å²) in [6.45, 7) is 6.87. The molecular formula is C11H19N3O. The molecule has 0 saturated carbocycles. The Morgan fingerprint density at radius 2 is 2.20 bits per heavy atom. The van der Waals surface area contributed by atoms with Gasteiger partial charge in [0, 0.05) is 25.0 Å². The molecule has 1 atom stereocenters. The van der Waals surface area contributed by atoms with Crippen LogP contribution in [0.15, 0.2) is 17.2 Å². The monoisotopic (exact) mass is 209 g/mol. The molecule has 4 nitrogen and oxygen atoms in total. The Morgan fingerprint density at radius 1 is 1.53 bits per heavy atom. The van der Waals surface area contributed by atoms with Crippen molar-refractivity contribution in [3.63, 3.8) is 0 Å². The van der Waals surface area contributed by atoms with Gasteiger partial charge in [0.1, 0.15) is 0 Å². The molecule has 84 valence electrons. The molecular weight excluding hydrogens is 190 g/mol. The highest BCUT2D eigenvalue weighted by Gasteiger charge is 2.12. The van der Waals surface area contributed by atoms with Crippen LogP contribution in [0.4, 0.5) is 0 Å². The first kappa shape index (κ1) is 11.9.